The van der Waals surface area contributed by atoms with Crippen molar-refractivity contribution in [2.75, 3.05) is 17.3 Å². The Morgan fingerprint density at radius 2 is 1.91 bits per heavy atom. The summed E-state index contributed by atoms with van der Waals surface area (Å²) >= 11 is 5.69. The molecule has 0 bridgehead atoms. The Kier molecular flexibility index (Phi) is 4.21. The zero-order chi connectivity index (χ0) is 16.4. The summed E-state index contributed by atoms with van der Waals surface area (Å²) in [4.78, 5) is 25.0. The number of nitrogens with two attached hydrogens (primary N) is 1. The van der Waals surface area contributed by atoms with Crippen molar-refractivity contribution in [1.29, 1.82) is 0 Å². The average Bonchev–Trinajstić information content (AvgIpc) is 2.60. The summed E-state index contributed by atoms with van der Waals surface area (Å²) in [6, 6.07) is 15.2. The number of fused-ring (bicyclic) bond motifs is 1. The SMILES string of the molecule is NC(=O)C1CN(C(=O)CCl)c2cc(-c3ccccc3)ccc2O1. The minimum absolute atomic E-state index is 0.0616. The lowest BCUT2D eigenvalue weighted by molar-refractivity contribution is -0.125. The van der Waals surface area contributed by atoms with E-state index in [1.807, 2.05) is 42.5 Å². The number of alkyl halides is 1. The van der Waals surface area contributed by atoms with Crippen molar-refractivity contribution in [1.82, 2.24) is 0 Å². The normalized spacial score (nSPS) is 16.4. The van der Waals surface area contributed by atoms with Crippen molar-refractivity contribution < 1.29 is 14.3 Å². The number of rotatable bonds is 3. The Morgan fingerprint density at radius 1 is 1.17 bits per heavy atom. The molecule has 3 rings (SSSR count). The highest BCUT2D eigenvalue weighted by Gasteiger charge is 2.32. The van der Waals surface area contributed by atoms with Crippen LogP contribution in [-0.2, 0) is 9.59 Å². The van der Waals surface area contributed by atoms with Crippen LogP contribution in [0.4, 0.5) is 5.69 Å². The van der Waals surface area contributed by atoms with Crippen LogP contribution in [0.2, 0.25) is 0 Å². The Balaban J connectivity index is 2.05. The van der Waals surface area contributed by atoms with Gasteiger partial charge in [0.1, 0.15) is 11.6 Å². The molecule has 118 valence electrons. The standard InChI is InChI=1S/C17H15ClN2O3/c18-9-16(21)20-10-15(17(19)22)23-14-7-6-12(8-13(14)20)11-4-2-1-3-5-11/h1-8,15H,9-10H2,(H2,19,22). The molecule has 5 nitrogen and oxygen atoms in total. The second kappa shape index (κ2) is 6.30. The third-order valence-electron chi connectivity index (χ3n) is 3.71. The van der Waals surface area contributed by atoms with Gasteiger partial charge in [0.25, 0.3) is 5.91 Å². The molecular formula is C17H15ClN2O3. The lowest BCUT2D eigenvalue weighted by atomic mass is 10.0. The zero-order valence-electron chi connectivity index (χ0n) is 12.2. The summed E-state index contributed by atoms with van der Waals surface area (Å²) in [5.41, 5.74) is 7.87. The van der Waals surface area contributed by atoms with Crippen LogP contribution in [0.5, 0.6) is 5.75 Å². The summed E-state index contributed by atoms with van der Waals surface area (Å²) < 4.78 is 5.60. The lowest BCUT2D eigenvalue weighted by Crippen LogP contribution is -2.49. The minimum Gasteiger partial charge on any atom is -0.477 e. The molecular weight excluding hydrogens is 316 g/mol. The van der Waals surface area contributed by atoms with Gasteiger partial charge >= 0.3 is 0 Å². The van der Waals surface area contributed by atoms with E-state index in [0.717, 1.165) is 11.1 Å². The number of carbonyl (C=O) groups is 2. The molecule has 1 unspecified atom stereocenters. The van der Waals surface area contributed by atoms with Crippen LogP contribution in [0.1, 0.15) is 0 Å². The van der Waals surface area contributed by atoms with Crippen LogP contribution in [0, 0.1) is 0 Å². The van der Waals surface area contributed by atoms with Crippen molar-refractivity contribution in [3.05, 3.63) is 48.5 Å². The third kappa shape index (κ3) is 3.00. The van der Waals surface area contributed by atoms with Gasteiger partial charge in [0, 0.05) is 0 Å². The fraction of sp³-hybridized carbons (Fsp3) is 0.176. The number of anilines is 1. The number of nitrogens with zero attached hydrogens (tertiary/aromatic N) is 1. The van der Waals surface area contributed by atoms with Crippen LogP contribution >= 0.6 is 11.6 Å². The second-order valence-electron chi connectivity index (χ2n) is 5.20. The lowest BCUT2D eigenvalue weighted by Gasteiger charge is -2.33. The average molecular weight is 331 g/mol. The van der Waals surface area contributed by atoms with Crippen molar-refractivity contribution in [3.8, 4) is 16.9 Å². The van der Waals surface area contributed by atoms with E-state index in [1.165, 1.54) is 4.90 Å². The molecule has 0 saturated carbocycles. The number of ether oxygens (including phenoxy) is 1. The topological polar surface area (TPSA) is 72.6 Å². The number of amides is 2. The van der Waals surface area contributed by atoms with Crippen molar-refractivity contribution in [3.63, 3.8) is 0 Å². The first kappa shape index (κ1) is 15.4. The monoisotopic (exact) mass is 330 g/mol. The number of hydrogen-bond donors (Lipinski definition) is 1. The van der Waals surface area contributed by atoms with E-state index < -0.39 is 12.0 Å². The molecule has 2 N–H and O–H groups in total. The van der Waals surface area contributed by atoms with Crippen molar-refractivity contribution in [2.24, 2.45) is 5.73 Å². The largest absolute Gasteiger partial charge is 0.477 e. The quantitative estimate of drug-likeness (QED) is 0.877. The van der Waals surface area contributed by atoms with E-state index in [1.54, 1.807) is 6.07 Å². The smallest absolute Gasteiger partial charge is 0.260 e. The molecule has 1 heterocycles. The fourth-order valence-corrected chi connectivity index (χ4v) is 2.69. The van der Waals surface area contributed by atoms with Crippen LogP contribution < -0.4 is 15.4 Å². The van der Waals surface area contributed by atoms with Gasteiger partial charge in [-0.3, -0.25) is 9.59 Å². The van der Waals surface area contributed by atoms with Gasteiger partial charge in [-0.15, -0.1) is 11.6 Å². The molecule has 0 radical (unpaired) electrons. The highest BCUT2D eigenvalue weighted by molar-refractivity contribution is 6.29. The molecule has 1 aliphatic heterocycles. The van der Waals surface area contributed by atoms with E-state index in [9.17, 15) is 9.59 Å². The highest BCUT2D eigenvalue weighted by atomic mass is 35.5. The predicted octanol–water partition coefficient (Wildman–Crippen LogP) is 2.17. The Hall–Kier alpha value is -2.53. The third-order valence-corrected chi connectivity index (χ3v) is 3.94. The number of carbonyl (C=O) groups excluding carboxylic acids is 2. The Labute approximate surface area is 138 Å². The molecule has 2 amide bonds. The highest BCUT2D eigenvalue weighted by Crippen LogP contribution is 2.37. The van der Waals surface area contributed by atoms with Crippen LogP contribution in [0.15, 0.2) is 48.5 Å². The minimum atomic E-state index is -0.878. The van der Waals surface area contributed by atoms with Crippen LogP contribution in [0.3, 0.4) is 0 Å². The van der Waals surface area contributed by atoms with Gasteiger partial charge in [-0.1, -0.05) is 36.4 Å². The van der Waals surface area contributed by atoms with E-state index in [-0.39, 0.29) is 18.3 Å². The summed E-state index contributed by atoms with van der Waals surface area (Å²) in [6.45, 7) is 0.0616. The number of benzene rings is 2. The first-order valence-corrected chi connectivity index (χ1v) is 7.65. The maximum absolute atomic E-state index is 12.1. The number of primary amides is 1. The molecule has 0 spiro atoms. The molecule has 0 fully saturated rings. The molecule has 2 aromatic rings. The maximum Gasteiger partial charge on any atom is 0.260 e. The first-order valence-electron chi connectivity index (χ1n) is 7.12. The predicted molar refractivity (Wildman–Crippen MR) is 88.6 cm³/mol. The van der Waals surface area contributed by atoms with Gasteiger partial charge in [0.05, 0.1) is 12.2 Å². The molecule has 6 heteroatoms. The Bertz CT molecular complexity index is 749. The zero-order valence-corrected chi connectivity index (χ0v) is 13.0. The molecule has 0 aromatic heterocycles. The maximum atomic E-state index is 12.1. The molecule has 2 aromatic carbocycles. The number of hydrogen-bond acceptors (Lipinski definition) is 3. The van der Waals surface area contributed by atoms with Gasteiger partial charge in [-0.05, 0) is 23.3 Å². The van der Waals surface area contributed by atoms with Gasteiger partial charge in [-0.2, -0.15) is 0 Å². The summed E-state index contributed by atoms with van der Waals surface area (Å²) in [6.07, 6.45) is -0.878. The molecule has 1 aliphatic rings. The Morgan fingerprint density at radius 3 is 2.57 bits per heavy atom. The summed E-state index contributed by atoms with van der Waals surface area (Å²) in [5.74, 6) is -0.651. The van der Waals surface area contributed by atoms with Gasteiger partial charge < -0.3 is 15.4 Å². The molecule has 0 saturated heterocycles. The van der Waals surface area contributed by atoms with E-state index in [2.05, 4.69) is 0 Å². The van der Waals surface area contributed by atoms with E-state index >= 15 is 0 Å². The first-order chi connectivity index (χ1) is 11.1. The summed E-state index contributed by atoms with van der Waals surface area (Å²) in [5, 5.41) is 0. The van der Waals surface area contributed by atoms with Gasteiger partial charge in [0.15, 0.2) is 6.10 Å². The van der Waals surface area contributed by atoms with E-state index in [0.29, 0.717) is 11.4 Å². The van der Waals surface area contributed by atoms with Crippen LogP contribution in [-0.4, -0.2) is 30.3 Å². The fourth-order valence-electron chi connectivity index (χ4n) is 2.55. The van der Waals surface area contributed by atoms with Gasteiger partial charge in [0.2, 0.25) is 5.91 Å². The molecule has 1 atom stereocenters. The van der Waals surface area contributed by atoms with Crippen LogP contribution in [0.25, 0.3) is 11.1 Å². The second-order valence-corrected chi connectivity index (χ2v) is 5.46. The van der Waals surface area contributed by atoms with Gasteiger partial charge in [-0.25, -0.2) is 0 Å². The molecule has 0 aliphatic carbocycles. The number of halogens is 1. The van der Waals surface area contributed by atoms with Crippen molar-refractivity contribution >= 4 is 29.1 Å². The molecule has 23 heavy (non-hydrogen) atoms. The van der Waals surface area contributed by atoms with E-state index in [4.69, 9.17) is 22.1 Å². The summed E-state index contributed by atoms with van der Waals surface area (Å²) in [7, 11) is 0. The van der Waals surface area contributed by atoms with Crippen molar-refractivity contribution in [2.45, 2.75) is 6.10 Å².